The van der Waals surface area contributed by atoms with E-state index in [0.29, 0.717) is 13.1 Å². The first-order chi connectivity index (χ1) is 13.5. The lowest BCUT2D eigenvalue weighted by Gasteiger charge is -2.30. The zero-order valence-electron chi connectivity index (χ0n) is 16.9. The molecule has 2 rings (SSSR count). The van der Waals surface area contributed by atoms with E-state index in [1.54, 1.807) is 19.1 Å². The molecule has 1 amide bonds. The fraction of sp³-hybridized carbons (Fsp3) is 0.364. The molecule has 0 aliphatic rings. The van der Waals surface area contributed by atoms with E-state index < -0.39 is 0 Å². The van der Waals surface area contributed by atoms with E-state index in [9.17, 15) is 4.79 Å². The van der Waals surface area contributed by atoms with Crippen molar-refractivity contribution < 1.29 is 14.3 Å². The minimum absolute atomic E-state index is 0.0450. The van der Waals surface area contributed by atoms with Gasteiger partial charge in [-0.1, -0.05) is 24.3 Å². The van der Waals surface area contributed by atoms with Crippen LogP contribution >= 0.6 is 0 Å². The van der Waals surface area contributed by atoms with Crippen molar-refractivity contribution in [2.75, 3.05) is 32.7 Å². The number of likely N-dealkylation sites (N-methyl/N-ethyl adjacent to an activating group) is 1. The standard InChI is InChI=1S/C22H27N3O3/c1-17(22(26)25(14-8-13-23)19-9-6-5-7-10-19)24(2)16-18-11-12-20(27-3)15-21(18)28-4/h5-7,9-12,15,17H,8,14,16H2,1-4H3. The predicted octanol–water partition coefficient (Wildman–Crippen LogP) is 3.47. The third kappa shape index (κ3) is 5.24. The molecule has 0 fully saturated rings. The number of benzene rings is 2. The molecule has 1 atom stereocenters. The molecule has 0 N–H and O–H groups in total. The maximum absolute atomic E-state index is 13.2. The van der Waals surface area contributed by atoms with Gasteiger partial charge in [0, 0.05) is 30.4 Å². The number of methoxy groups -OCH3 is 2. The van der Waals surface area contributed by atoms with E-state index in [1.165, 1.54) is 0 Å². The van der Waals surface area contributed by atoms with Gasteiger partial charge in [0.05, 0.1) is 32.8 Å². The van der Waals surface area contributed by atoms with Gasteiger partial charge in [0.1, 0.15) is 11.5 Å². The van der Waals surface area contributed by atoms with E-state index in [2.05, 4.69) is 6.07 Å². The summed E-state index contributed by atoms with van der Waals surface area (Å²) in [5, 5.41) is 8.96. The third-order valence-electron chi connectivity index (χ3n) is 4.71. The molecule has 2 aromatic carbocycles. The number of rotatable bonds is 9. The molecule has 6 heteroatoms. The summed E-state index contributed by atoms with van der Waals surface area (Å²) in [5.74, 6) is 1.39. The third-order valence-corrected chi connectivity index (χ3v) is 4.71. The first-order valence-electron chi connectivity index (χ1n) is 9.16. The van der Waals surface area contributed by atoms with E-state index in [1.807, 2.05) is 67.4 Å². The average molecular weight is 381 g/mol. The number of para-hydroxylation sites is 1. The van der Waals surface area contributed by atoms with Gasteiger partial charge in [0.25, 0.3) is 0 Å². The zero-order chi connectivity index (χ0) is 20.5. The van der Waals surface area contributed by atoms with Crippen molar-refractivity contribution in [3.05, 3.63) is 54.1 Å². The largest absolute Gasteiger partial charge is 0.497 e. The number of nitriles is 1. The Bertz CT molecular complexity index is 818. The van der Waals surface area contributed by atoms with Crippen LogP contribution < -0.4 is 14.4 Å². The van der Waals surface area contributed by atoms with Crippen molar-refractivity contribution in [1.82, 2.24) is 4.90 Å². The Kier molecular flexibility index (Phi) is 7.85. The number of ether oxygens (including phenoxy) is 2. The monoisotopic (exact) mass is 381 g/mol. The summed E-state index contributed by atoms with van der Waals surface area (Å²) < 4.78 is 10.7. The first-order valence-corrected chi connectivity index (χ1v) is 9.16. The van der Waals surface area contributed by atoms with Gasteiger partial charge >= 0.3 is 0 Å². The molecule has 148 valence electrons. The van der Waals surface area contributed by atoms with Gasteiger partial charge in [-0.15, -0.1) is 0 Å². The summed E-state index contributed by atoms with van der Waals surface area (Å²) in [6.07, 6.45) is 0.281. The highest BCUT2D eigenvalue weighted by molar-refractivity contribution is 5.96. The molecule has 0 saturated carbocycles. The van der Waals surface area contributed by atoms with Crippen LogP contribution in [0.3, 0.4) is 0 Å². The minimum Gasteiger partial charge on any atom is -0.497 e. The van der Waals surface area contributed by atoms with Crippen LogP contribution in [0.1, 0.15) is 18.9 Å². The van der Waals surface area contributed by atoms with Gasteiger partial charge in [-0.05, 0) is 32.2 Å². The fourth-order valence-corrected chi connectivity index (χ4v) is 2.94. The Morgan fingerprint density at radius 3 is 2.46 bits per heavy atom. The van der Waals surface area contributed by atoms with Crippen LogP contribution in [0.4, 0.5) is 5.69 Å². The molecule has 1 unspecified atom stereocenters. The van der Waals surface area contributed by atoms with Gasteiger partial charge in [-0.2, -0.15) is 5.26 Å². The Morgan fingerprint density at radius 1 is 1.14 bits per heavy atom. The second-order valence-electron chi connectivity index (χ2n) is 6.50. The molecule has 0 aliphatic heterocycles. The van der Waals surface area contributed by atoms with Crippen LogP contribution in [-0.2, 0) is 11.3 Å². The molecule has 0 saturated heterocycles. The topological polar surface area (TPSA) is 65.8 Å². The lowest BCUT2D eigenvalue weighted by Crippen LogP contribution is -2.46. The van der Waals surface area contributed by atoms with Crippen LogP contribution in [0, 0.1) is 11.3 Å². The van der Waals surface area contributed by atoms with Crippen molar-refractivity contribution in [3.8, 4) is 17.6 Å². The molecule has 0 spiro atoms. The minimum atomic E-state index is -0.370. The maximum atomic E-state index is 13.2. The van der Waals surface area contributed by atoms with Crippen molar-refractivity contribution in [1.29, 1.82) is 5.26 Å². The first kappa shape index (κ1) is 21.3. The highest BCUT2D eigenvalue weighted by atomic mass is 16.5. The van der Waals surface area contributed by atoms with Crippen LogP contribution in [0.15, 0.2) is 48.5 Å². The number of nitrogens with zero attached hydrogens (tertiary/aromatic N) is 3. The van der Waals surface area contributed by atoms with Crippen LogP contribution in [-0.4, -0.2) is 44.7 Å². The van der Waals surface area contributed by atoms with Gasteiger partial charge in [-0.25, -0.2) is 0 Å². The fourth-order valence-electron chi connectivity index (χ4n) is 2.94. The summed E-state index contributed by atoms with van der Waals surface area (Å²) in [7, 11) is 5.13. The predicted molar refractivity (Wildman–Crippen MR) is 110 cm³/mol. The Labute approximate surface area is 166 Å². The molecule has 28 heavy (non-hydrogen) atoms. The number of hydrogen-bond acceptors (Lipinski definition) is 5. The molecule has 0 radical (unpaired) electrons. The number of anilines is 1. The van der Waals surface area contributed by atoms with E-state index in [4.69, 9.17) is 14.7 Å². The van der Waals surface area contributed by atoms with Gasteiger partial charge in [0.2, 0.25) is 5.91 Å². The molecule has 0 bridgehead atoms. The summed E-state index contributed by atoms with van der Waals surface area (Å²) in [5.41, 5.74) is 1.76. The number of carbonyl (C=O) groups is 1. The summed E-state index contributed by atoms with van der Waals surface area (Å²) in [6.45, 7) is 2.78. The Balaban J connectivity index is 2.17. The zero-order valence-corrected chi connectivity index (χ0v) is 16.9. The van der Waals surface area contributed by atoms with Gasteiger partial charge in [0.15, 0.2) is 0 Å². The number of carbonyl (C=O) groups excluding carboxylic acids is 1. The van der Waals surface area contributed by atoms with E-state index >= 15 is 0 Å². The highest BCUT2D eigenvalue weighted by Crippen LogP contribution is 2.26. The summed E-state index contributed by atoms with van der Waals surface area (Å²) in [4.78, 5) is 16.8. The second-order valence-corrected chi connectivity index (χ2v) is 6.50. The number of amides is 1. The molecule has 0 aliphatic carbocycles. The van der Waals surface area contributed by atoms with Crippen LogP contribution in [0.2, 0.25) is 0 Å². The Hall–Kier alpha value is -3.04. The Morgan fingerprint density at radius 2 is 1.86 bits per heavy atom. The molecular formula is C22H27N3O3. The molecule has 0 heterocycles. The van der Waals surface area contributed by atoms with Gasteiger partial charge < -0.3 is 14.4 Å². The van der Waals surface area contributed by atoms with Gasteiger partial charge in [-0.3, -0.25) is 9.69 Å². The highest BCUT2D eigenvalue weighted by Gasteiger charge is 2.25. The molecule has 2 aromatic rings. The quantitative estimate of drug-likeness (QED) is 0.665. The maximum Gasteiger partial charge on any atom is 0.244 e. The smallest absolute Gasteiger partial charge is 0.244 e. The van der Waals surface area contributed by atoms with Crippen molar-refractivity contribution in [2.24, 2.45) is 0 Å². The van der Waals surface area contributed by atoms with Crippen molar-refractivity contribution in [3.63, 3.8) is 0 Å². The van der Waals surface area contributed by atoms with Crippen molar-refractivity contribution >= 4 is 11.6 Å². The van der Waals surface area contributed by atoms with E-state index in [0.717, 1.165) is 22.7 Å². The lowest BCUT2D eigenvalue weighted by molar-refractivity contribution is -0.123. The lowest BCUT2D eigenvalue weighted by atomic mass is 10.1. The second kappa shape index (κ2) is 10.3. The summed E-state index contributed by atoms with van der Waals surface area (Å²) in [6, 6.07) is 16.8. The molecular weight excluding hydrogens is 354 g/mol. The van der Waals surface area contributed by atoms with E-state index in [-0.39, 0.29) is 18.4 Å². The average Bonchev–Trinajstić information content (AvgIpc) is 2.74. The summed E-state index contributed by atoms with van der Waals surface area (Å²) >= 11 is 0. The van der Waals surface area contributed by atoms with Crippen LogP contribution in [0.5, 0.6) is 11.5 Å². The normalized spacial score (nSPS) is 11.6. The van der Waals surface area contributed by atoms with Crippen molar-refractivity contribution in [2.45, 2.75) is 25.9 Å². The molecule has 6 nitrogen and oxygen atoms in total. The number of hydrogen-bond donors (Lipinski definition) is 0. The SMILES string of the molecule is COc1ccc(CN(C)C(C)C(=O)N(CCC#N)c2ccccc2)c(OC)c1. The molecule has 0 aromatic heterocycles. The van der Waals surface area contributed by atoms with Crippen LogP contribution in [0.25, 0.3) is 0 Å².